The predicted molar refractivity (Wildman–Crippen MR) is 71.1 cm³/mol. The third-order valence-corrected chi connectivity index (χ3v) is 3.60. The number of nitrogens with two attached hydrogens (primary N) is 1. The zero-order valence-corrected chi connectivity index (χ0v) is 10.8. The summed E-state index contributed by atoms with van der Waals surface area (Å²) in [5.74, 6) is 1.59. The van der Waals surface area contributed by atoms with Gasteiger partial charge in [0, 0.05) is 30.9 Å². The molecule has 0 heterocycles. The van der Waals surface area contributed by atoms with Gasteiger partial charge < -0.3 is 10.6 Å². The van der Waals surface area contributed by atoms with Gasteiger partial charge in [-0.15, -0.1) is 0 Å². The van der Waals surface area contributed by atoms with Crippen LogP contribution >= 0.6 is 0 Å². The smallest absolute Gasteiger partial charge is 0.269 e. The Labute approximate surface area is 107 Å². The van der Waals surface area contributed by atoms with Gasteiger partial charge in [0.15, 0.2) is 0 Å². The molecule has 2 rings (SSSR count). The monoisotopic (exact) mass is 249 g/mol. The van der Waals surface area contributed by atoms with Crippen molar-refractivity contribution in [3.8, 4) is 0 Å². The van der Waals surface area contributed by atoms with Crippen molar-refractivity contribution in [3.05, 3.63) is 33.9 Å². The highest BCUT2D eigenvalue weighted by molar-refractivity contribution is 5.52. The van der Waals surface area contributed by atoms with Crippen molar-refractivity contribution in [1.29, 1.82) is 0 Å². The zero-order chi connectivity index (χ0) is 13.3. The Morgan fingerprint density at radius 1 is 1.56 bits per heavy atom. The van der Waals surface area contributed by atoms with Gasteiger partial charge in [-0.1, -0.05) is 6.92 Å². The van der Waals surface area contributed by atoms with Gasteiger partial charge in [0.2, 0.25) is 0 Å². The first-order chi connectivity index (χ1) is 8.47. The average molecular weight is 249 g/mol. The molecule has 2 N–H and O–H groups in total. The molecule has 0 spiro atoms. The van der Waals surface area contributed by atoms with Crippen LogP contribution in [0, 0.1) is 22.0 Å². The molecule has 0 aromatic heterocycles. The highest BCUT2D eigenvalue weighted by Gasteiger charge is 2.33. The molecule has 5 heteroatoms. The average Bonchev–Trinajstić information content (AvgIpc) is 2.97. The maximum atomic E-state index is 10.7. The molecule has 0 aliphatic heterocycles. The third kappa shape index (κ3) is 2.98. The van der Waals surface area contributed by atoms with Gasteiger partial charge in [0.25, 0.3) is 5.69 Å². The van der Waals surface area contributed by atoms with Gasteiger partial charge in [-0.05, 0) is 36.9 Å². The highest BCUT2D eigenvalue weighted by atomic mass is 16.6. The number of benzene rings is 1. The van der Waals surface area contributed by atoms with E-state index in [-0.39, 0.29) is 10.6 Å². The molecular weight excluding hydrogens is 230 g/mol. The molecule has 1 aliphatic rings. The molecule has 2 unspecified atom stereocenters. The number of rotatable bonds is 5. The number of hydrogen-bond acceptors (Lipinski definition) is 4. The van der Waals surface area contributed by atoms with E-state index in [1.165, 1.54) is 12.5 Å². The van der Waals surface area contributed by atoms with Crippen LogP contribution in [0.4, 0.5) is 11.4 Å². The summed E-state index contributed by atoms with van der Waals surface area (Å²) < 4.78 is 0. The van der Waals surface area contributed by atoms with Crippen LogP contribution in [0.1, 0.15) is 18.9 Å². The fourth-order valence-electron chi connectivity index (χ4n) is 2.25. The SMILES string of the molecule is CC1CC1CN(C)Cc1cc([N+](=O)[O-])ccc1N. The Morgan fingerprint density at radius 2 is 2.22 bits per heavy atom. The molecule has 1 aromatic carbocycles. The van der Waals surface area contributed by atoms with Gasteiger partial charge in [-0.3, -0.25) is 10.1 Å². The topological polar surface area (TPSA) is 72.4 Å². The van der Waals surface area contributed by atoms with Crippen LogP contribution in [0.2, 0.25) is 0 Å². The molecule has 1 aliphatic carbocycles. The van der Waals surface area contributed by atoms with Crippen molar-refractivity contribution >= 4 is 11.4 Å². The molecule has 1 saturated carbocycles. The Morgan fingerprint density at radius 3 is 2.78 bits per heavy atom. The maximum absolute atomic E-state index is 10.7. The van der Waals surface area contributed by atoms with Crippen molar-refractivity contribution < 1.29 is 4.92 Å². The van der Waals surface area contributed by atoms with Gasteiger partial charge >= 0.3 is 0 Å². The van der Waals surface area contributed by atoms with Crippen LogP contribution in [-0.2, 0) is 6.54 Å². The molecule has 1 fully saturated rings. The predicted octanol–water partition coefficient (Wildman–Crippen LogP) is 2.26. The summed E-state index contributed by atoms with van der Waals surface area (Å²) in [7, 11) is 2.03. The number of nitrogens with zero attached hydrogens (tertiary/aromatic N) is 2. The van der Waals surface area contributed by atoms with E-state index >= 15 is 0 Å². The molecule has 0 saturated heterocycles. The van der Waals surface area contributed by atoms with E-state index in [9.17, 15) is 10.1 Å². The lowest BCUT2D eigenvalue weighted by atomic mass is 10.1. The minimum absolute atomic E-state index is 0.104. The second-order valence-corrected chi connectivity index (χ2v) is 5.31. The zero-order valence-electron chi connectivity index (χ0n) is 10.8. The summed E-state index contributed by atoms with van der Waals surface area (Å²) in [6, 6.07) is 4.63. The van der Waals surface area contributed by atoms with Crippen LogP contribution < -0.4 is 5.73 Å². The molecule has 0 bridgehead atoms. The molecule has 98 valence electrons. The minimum Gasteiger partial charge on any atom is -0.398 e. The fraction of sp³-hybridized carbons (Fsp3) is 0.538. The lowest BCUT2D eigenvalue weighted by Gasteiger charge is -2.17. The third-order valence-electron chi connectivity index (χ3n) is 3.60. The van der Waals surface area contributed by atoms with E-state index in [1.807, 2.05) is 7.05 Å². The van der Waals surface area contributed by atoms with Crippen molar-refractivity contribution in [2.24, 2.45) is 11.8 Å². The molecular formula is C13H19N3O2. The van der Waals surface area contributed by atoms with Gasteiger partial charge in [-0.2, -0.15) is 0 Å². The quantitative estimate of drug-likeness (QED) is 0.493. The van der Waals surface area contributed by atoms with Gasteiger partial charge in [-0.25, -0.2) is 0 Å². The lowest BCUT2D eigenvalue weighted by Crippen LogP contribution is -2.21. The Balaban J connectivity index is 2.02. The first kappa shape index (κ1) is 12.8. The standard InChI is InChI=1S/C13H19N3O2/c1-9-5-10(9)7-15(2)8-11-6-12(16(17)18)3-4-13(11)14/h3-4,6,9-10H,5,7-8,14H2,1-2H3. The highest BCUT2D eigenvalue weighted by Crippen LogP contribution is 2.38. The van der Waals surface area contributed by atoms with Crippen molar-refractivity contribution in [1.82, 2.24) is 4.90 Å². The summed E-state index contributed by atoms with van der Waals surface area (Å²) >= 11 is 0. The van der Waals surface area contributed by atoms with E-state index in [2.05, 4.69) is 11.8 Å². The van der Waals surface area contributed by atoms with E-state index in [0.717, 1.165) is 23.9 Å². The summed E-state index contributed by atoms with van der Waals surface area (Å²) in [4.78, 5) is 12.5. The van der Waals surface area contributed by atoms with E-state index in [0.29, 0.717) is 12.2 Å². The maximum Gasteiger partial charge on any atom is 0.269 e. The Kier molecular flexibility index (Phi) is 3.52. The Hall–Kier alpha value is -1.62. The minimum atomic E-state index is -0.383. The number of nitrogen functional groups attached to an aromatic ring is 1. The van der Waals surface area contributed by atoms with Crippen LogP contribution in [0.5, 0.6) is 0 Å². The van der Waals surface area contributed by atoms with E-state index in [1.54, 1.807) is 12.1 Å². The van der Waals surface area contributed by atoms with Crippen LogP contribution in [0.3, 0.4) is 0 Å². The summed E-state index contributed by atoms with van der Waals surface area (Å²) in [6.07, 6.45) is 1.29. The number of nitro benzene ring substituents is 1. The van der Waals surface area contributed by atoms with Crippen molar-refractivity contribution in [2.75, 3.05) is 19.3 Å². The molecule has 0 amide bonds. The van der Waals surface area contributed by atoms with Crippen molar-refractivity contribution in [3.63, 3.8) is 0 Å². The number of hydrogen-bond donors (Lipinski definition) is 1. The molecule has 0 radical (unpaired) electrons. The normalized spacial score (nSPS) is 22.2. The van der Waals surface area contributed by atoms with Crippen LogP contribution in [0.25, 0.3) is 0 Å². The van der Waals surface area contributed by atoms with E-state index in [4.69, 9.17) is 5.73 Å². The van der Waals surface area contributed by atoms with Crippen molar-refractivity contribution in [2.45, 2.75) is 19.9 Å². The molecule has 5 nitrogen and oxygen atoms in total. The first-order valence-electron chi connectivity index (χ1n) is 6.18. The van der Waals surface area contributed by atoms with Crippen LogP contribution in [0.15, 0.2) is 18.2 Å². The summed E-state index contributed by atoms with van der Waals surface area (Å²) in [5.41, 5.74) is 7.42. The first-order valence-corrected chi connectivity index (χ1v) is 6.18. The second-order valence-electron chi connectivity index (χ2n) is 5.31. The number of nitro groups is 1. The van der Waals surface area contributed by atoms with Gasteiger partial charge in [0.1, 0.15) is 0 Å². The summed E-state index contributed by atoms with van der Waals surface area (Å²) in [6.45, 7) is 3.94. The number of non-ortho nitro benzene ring substituents is 1. The Bertz CT molecular complexity index is 462. The number of anilines is 1. The summed E-state index contributed by atoms with van der Waals surface area (Å²) in [5, 5.41) is 10.7. The largest absolute Gasteiger partial charge is 0.398 e. The van der Waals surface area contributed by atoms with Crippen LogP contribution in [-0.4, -0.2) is 23.4 Å². The second kappa shape index (κ2) is 4.94. The lowest BCUT2D eigenvalue weighted by molar-refractivity contribution is -0.384. The van der Waals surface area contributed by atoms with Gasteiger partial charge in [0.05, 0.1) is 4.92 Å². The molecule has 18 heavy (non-hydrogen) atoms. The molecule has 2 atom stereocenters. The molecule has 1 aromatic rings. The van der Waals surface area contributed by atoms with E-state index < -0.39 is 0 Å². The fourth-order valence-corrected chi connectivity index (χ4v) is 2.25.